The highest BCUT2D eigenvalue weighted by atomic mass is 16.5. The smallest absolute Gasteiger partial charge is 0.204 e. The van der Waals surface area contributed by atoms with Gasteiger partial charge >= 0.3 is 0 Å². The van der Waals surface area contributed by atoms with E-state index in [9.17, 15) is 0 Å². The Morgan fingerprint density at radius 3 is 2.88 bits per heavy atom. The summed E-state index contributed by atoms with van der Waals surface area (Å²) >= 11 is 0. The molecule has 4 rings (SSSR count). The van der Waals surface area contributed by atoms with E-state index in [0.29, 0.717) is 12.4 Å². The second-order valence-corrected chi connectivity index (χ2v) is 6.23. The number of tetrazole rings is 1. The summed E-state index contributed by atoms with van der Waals surface area (Å²) in [4.78, 5) is 8.15. The van der Waals surface area contributed by atoms with Gasteiger partial charge in [-0.3, -0.25) is 4.90 Å². The normalized spacial score (nSPS) is 18.5. The van der Waals surface area contributed by atoms with E-state index in [4.69, 9.17) is 4.74 Å². The Morgan fingerprint density at radius 1 is 1.20 bits per heavy atom. The first-order valence-corrected chi connectivity index (χ1v) is 8.39. The van der Waals surface area contributed by atoms with Crippen LogP contribution in [-0.2, 0) is 24.9 Å². The summed E-state index contributed by atoms with van der Waals surface area (Å²) in [6, 6.07) is 10.4. The Morgan fingerprint density at radius 2 is 2.08 bits per heavy atom. The molecule has 25 heavy (non-hydrogen) atoms. The van der Waals surface area contributed by atoms with E-state index < -0.39 is 0 Å². The molecule has 0 bridgehead atoms. The van der Waals surface area contributed by atoms with Crippen LogP contribution in [0.4, 0.5) is 0 Å². The monoisotopic (exact) mass is 339 g/mol. The fraction of sp³-hybridized carbons (Fsp3) is 0.412. The maximum absolute atomic E-state index is 5.81. The predicted octanol–water partition coefficient (Wildman–Crippen LogP) is 1.03. The molecule has 8 nitrogen and oxygen atoms in total. The van der Waals surface area contributed by atoms with Crippen LogP contribution < -0.4 is 0 Å². The van der Waals surface area contributed by atoms with Gasteiger partial charge in [0, 0.05) is 32.4 Å². The largest absolute Gasteiger partial charge is 0.367 e. The summed E-state index contributed by atoms with van der Waals surface area (Å²) in [6.45, 7) is 3.95. The van der Waals surface area contributed by atoms with Crippen molar-refractivity contribution in [3.05, 3.63) is 59.9 Å². The molecule has 2 aromatic heterocycles. The Labute approximate surface area is 146 Å². The number of morpholine rings is 1. The molecule has 1 aliphatic heterocycles. The number of ether oxygens (including phenoxy) is 1. The molecule has 8 heteroatoms. The van der Waals surface area contributed by atoms with E-state index >= 15 is 0 Å². The van der Waals surface area contributed by atoms with Crippen molar-refractivity contribution in [2.75, 3.05) is 19.7 Å². The number of hydrogen-bond acceptors (Lipinski definition) is 6. The molecule has 0 N–H and O–H groups in total. The van der Waals surface area contributed by atoms with E-state index in [2.05, 4.69) is 54.1 Å². The lowest BCUT2D eigenvalue weighted by atomic mass is 10.2. The van der Waals surface area contributed by atoms with E-state index in [0.717, 1.165) is 26.2 Å². The summed E-state index contributed by atoms with van der Waals surface area (Å²) in [5, 5.41) is 12.2. The molecule has 0 amide bonds. The molecule has 0 aliphatic carbocycles. The minimum atomic E-state index is -0.132. The third kappa shape index (κ3) is 3.75. The average molecular weight is 339 g/mol. The van der Waals surface area contributed by atoms with Gasteiger partial charge in [0.15, 0.2) is 0 Å². The van der Waals surface area contributed by atoms with Gasteiger partial charge in [-0.2, -0.15) is 4.80 Å². The molecule has 0 saturated carbocycles. The third-order valence-corrected chi connectivity index (χ3v) is 4.34. The minimum Gasteiger partial charge on any atom is -0.367 e. The van der Waals surface area contributed by atoms with Crippen LogP contribution in [0.3, 0.4) is 0 Å². The van der Waals surface area contributed by atoms with Gasteiger partial charge in [0.05, 0.1) is 25.7 Å². The van der Waals surface area contributed by atoms with Gasteiger partial charge in [0.25, 0.3) is 0 Å². The van der Waals surface area contributed by atoms with Crippen LogP contribution in [0.2, 0.25) is 0 Å². The summed E-state index contributed by atoms with van der Waals surface area (Å²) in [5.74, 6) is 0.644. The first-order chi connectivity index (χ1) is 12.3. The van der Waals surface area contributed by atoms with Gasteiger partial charge in [-0.05, 0) is 10.8 Å². The molecule has 130 valence electrons. The standard InChI is InChI=1S/C17H21N7O/c1-22-20-17(19-21-22)16-12-23(7-8-25-16)11-15-9-18-13-24(15)10-14-5-3-2-4-6-14/h2-6,9,13,16H,7-8,10-12H2,1H3. The molecule has 1 saturated heterocycles. The molecule has 1 unspecified atom stereocenters. The average Bonchev–Trinajstić information content (AvgIpc) is 3.26. The number of aryl methyl sites for hydroxylation is 1. The van der Waals surface area contributed by atoms with E-state index in [1.807, 2.05) is 18.6 Å². The van der Waals surface area contributed by atoms with Crippen molar-refractivity contribution in [1.82, 2.24) is 34.7 Å². The number of benzene rings is 1. The van der Waals surface area contributed by atoms with Gasteiger partial charge in [0.1, 0.15) is 6.10 Å². The highest BCUT2D eigenvalue weighted by Crippen LogP contribution is 2.20. The lowest BCUT2D eigenvalue weighted by molar-refractivity contribution is -0.0379. The van der Waals surface area contributed by atoms with Crippen molar-refractivity contribution in [3.8, 4) is 0 Å². The lowest BCUT2D eigenvalue weighted by Crippen LogP contribution is -2.38. The van der Waals surface area contributed by atoms with Crippen LogP contribution in [0.25, 0.3) is 0 Å². The van der Waals surface area contributed by atoms with Crippen molar-refractivity contribution in [2.24, 2.45) is 7.05 Å². The lowest BCUT2D eigenvalue weighted by Gasteiger charge is -2.31. The molecule has 3 heterocycles. The van der Waals surface area contributed by atoms with Crippen LogP contribution in [0, 0.1) is 0 Å². The van der Waals surface area contributed by atoms with Crippen molar-refractivity contribution in [1.29, 1.82) is 0 Å². The van der Waals surface area contributed by atoms with Crippen LogP contribution in [0.15, 0.2) is 42.9 Å². The number of rotatable bonds is 5. The van der Waals surface area contributed by atoms with Gasteiger partial charge < -0.3 is 9.30 Å². The Kier molecular flexibility index (Phi) is 4.53. The highest BCUT2D eigenvalue weighted by molar-refractivity contribution is 5.16. The first kappa shape index (κ1) is 15.9. The SMILES string of the molecule is Cn1nnc(C2CN(Cc3cncn3Cc3ccccc3)CCO2)n1. The number of aromatic nitrogens is 6. The highest BCUT2D eigenvalue weighted by Gasteiger charge is 2.26. The molecular weight excluding hydrogens is 318 g/mol. The first-order valence-electron chi connectivity index (χ1n) is 8.39. The van der Waals surface area contributed by atoms with Crippen LogP contribution in [0.5, 0.6) is 0 Å². The second-order valence-electron chi connectivity index (χ2n) is 6.23. The maximum atomic E-state index is 5.81. The topological polar surface area (TPSA) is 73.9 Å². The van der Waals surface area contributed by atoms with Gasteiger partial charge in [-0.1, -0.05) is 30.3 Å². The van der Waals surface area contributed by atoms with Gasteiger partial charge in [-0.15, -0.1) is 10.2 Å². The van der Waals surface area contributed by atoms with Crippen molar-refractivity contribution >= 4 is 0 Å². The molecule has 0 radical (unpaired) electrons. The van der Waals surface area contributed by atoms with E-state index in [1.165, 1.54) is 16.1 Å². The molecular formula is C17H21N7O. The van der Waals surface area contributed by atoms with Crippen molar-refractivity contribution in [2.45, 2.75) is 19.2 Å². The number of imidazole rings is 1. The molecule has 1 atom stereocenters. The van der Waals surface area contributed by atoms with Gasteiger partial charge in [-0.25, -0.2) is 4.98 Å². The number of hydrogen-bond donors (Lipinski definition) is 0. The van der Waals surface area contributed by atoms with E-state index in [1.54, 1.807) is 7.05 Å². The summed E-state index contributed by atoms with van der Waals surface area (Å²) in [5.41, 5.74) is 2.46. The molecule has 1 fully saturated rings. The van der Waals surface area contributed by atoms with E-state index in [-0.39, 0.29) is 6.10 Å². The Hall–Kier alpha value is -2.58. The Bertz CT molecular complexity index is 813. The third-order valence-electron chi connectivity index (χ3n) is 4.34. The van der Waals surface area contributed by atoms with Crippen LogP contribution in [-0.4, -0.2) is 54.4 Å². The molecule has 1 aromatic carbocycles. The Balaban J connectivity index is 1.43. The van der Waals surface area contributed by atoms with Crippen molar-refractivity contribution < 1.29 is 4.74 Å². The summed E-state index contributed by atoms with van der Waals surface area (Å²) < 4.78 is 8.01. The molecule has 1 aliphatic rings. The van der Waals surface area contributed by atoms with Crippen LogP contribution in [0.1, 0.15) is 23.2 Å². The fourth-order valence-corrected chi connectivity index (χ4v) is 3.06. The van der Waals surface area contributed by atoms with Crippen LogP contribution >= 0.6 is 0 Å². The fourth-order valence-electron chi connectivity index (χ4n) is 3.06. The number of nitrogens with zero attached hydrogens (tertiary/aromatic N) is 7. The quantitative estimate of drug-likeness (QED) is 0.691. The zero-order chi connectivity index (χ0) is 17.1. The van der Waals surface area contributed by atoms with Gasteiger partial charge in [0.2, 0.25) is 5.82 Å². The molecule has 0 spiro atoms. The predicted molar refractivity (Wildman–Crippen MR) is 90.5 cm³/mol. The zero-order valence-corrected chi connectivity index (χ0v) is 14.2. The summed E-state index contributed by atoms with van der Waals surface area (Å²) in [6.07, 6.45) is 3.70. The molecule has 3 aromatic rings. The maximum Gasteiger partial charge on any atom is 0.204 e. The second kappa shape index (κ2) is 7.12. The minimum absolute atomic E-state index is 0.132. The zero-order valence-electron chi connectivity index (χ0n) is 14.2. The van der Waals surface area contributed by atoms with Crippen molar-refractivity contribution in [3.63, 3.8) is 0 Å². The summed E-state index contributed by atoms with van der Waals surface area (Å²) in [7, 11) is 1.76.